The molecule has 0 aliphatic carbocycles. The lowest BCUT2D eigenvalue weighted by Crippen LogP contribution is -2.29. The Labute approximate surface area is 171 Å². The van der Waals surface area contributed by atoms with Gasteiger partial charge in [0, 0.05) is 49.7 Å². The number of anilines is 2. The topological polar surface area (TPSA) is 48.6 Å². The van der Waals surface area contributed by atoms with Gasteiger partial charge in [-0.2, -0.15) is 0 Å². The third-order valence-corrected chi connectivity index (χ3v) is 5.62. The van der Waals surface area contributed by atoms with Crippen molar-refractivity contribution in [3.8, 4) is 5.75 Å². The van der Waals surface area contributed by atoms with Crippen molar-refractivity contribution in [2.75, 3.05) is 36.5 Å². The highest BCUT2D eigenvalue weighted by atomic mass is 16.5. The van der Waals surface area contributed by atoms with Gasteiger partial charge >= 0.3 is 0 Å². The quantitative estimate of drug-likeness (QED) is 0.670. The number of hydrogen-bond acceptors (Lipinski definition) is 4. The SMILES string of the molecule is CCOc1ccc2cc(CN(C)c3ccc(N4CCCCC4)cc3)c(=O)[nH]c2c1. The largest absolute Gasteiger partial charge is 0.494 e. The molecule has 1 fully saturated rings. The fourth-order valence-electron chi connectivity index (χ4n) is 4.02. The number of H-pyrrole nitrogens is 1. The van der Waals surface area contributed by atoms with Gasteiger partial charge in [-0.15, -0.1) is 0 Å². The summed E-state index contributed by atoms with van der Waals surface area (Å²) >= 11 is 0. The van der Waals surface area contributed by atoms with E-state index in [2.05, 4.69) is 39.0 Å². The molecule has 0 atom stereocenters. The van der Waals surface area contributed by atoms with E-state index in [-0.39, 0.29) is 5.56 Å². The summed E-state index contributed by atoms with van der Waals surface area (Å²) in [5.41, 5.74) is 3.90. The van der Waals surface area contributed by atoms with Crippen molar-refractivity contribution in [1.82, 2.24) is 4.98 Å². The molecule has 152 valence electrons. The lowest BCUT2D eigenvalue weighted by molar-refractivity contribution is 0.340. The summed E-state index contributed by atoms with van der Waals surface area (Å²) in [5.74, 6) is 0.773. The van der Waals surface area contributed by atoms with Crippen LogP contribution in [-0.2, 0) is 6.54 Å². The number of hydrogen-bond donors (Lipinski definition) is 1. The number of piperidine rings is 1. The molecule has 4 rings (SSSR count). The van der Waals surface area contributed by atoms with Crippen LogP contribution in [0.3, 0.4) is 0 Å². The second kappa shape index (κ2) is 8.60. The number of rotatable bonds is 6. The molecule has 0 spiro atoms. The molecule has 1 saturated heterocycles. The summed E-state index contributed by atoms with van der Waals surface area (Å²) in [6.45, 7) is 5.40. The Hall–Kier alpha value is -2.95. The Kier molecular flexibility index (Phi) is 5.74. The maximum Gasteiger partial charge on any atom is 0.253 e. The maximum absolute atomic E-state index is 12.6. The van der Waals surface area contributed by atoms with E-state index >= 15 is 0 Å². The second-order valence-corrected chi connectivity index (χ2v) is 7.73. The summed E-state index contributed by atoms with van der Waals surface area (Å²) in [7, 11) is 2.03. The number of fused-ring (bicyclic) bond motifs is 1. The number of benzene rings is 2. The number of pyridine rings is 1. The van der Waals surface area contributed by atoms with E-state index in [0.29, 0.717) is 13.2 Å². The van der Waals surface area contributed by atoms with E-state index < -0.39 is 0 Å². The number of ether oxygens (including phenoxy) is 1. The summed E-state index contributed by atoms with van der Waals surface area (Å²) < 4.78 is 5.53. The van der Waals surface area contributed by atoms with E-state index in [1.54, 1.807) is 0 Å². The van der Waals surface area contributed by atoms with Crippen LogP contribution in [0.4, 0.5) is 11.4 Å². The third-order valence-electron chi connectivity index (χ3n) is 5.62. The van der Waals surface area contributed by atoms with E-state index in [1.165, 1.54) is 24.9 Å². The van der Waals surface area contributed by atoms with Gasteiger partial charge in [0.05, 0.1) is 12.1 Å². The molecule has 1 aliphatic rings. The third kappa shape index (κ3) is 4.39. The van der Waals surface area contributed by atoms with Crippen molar-refractivity contribution in [2.45, 2.75) is 32.7 Å². The monoisotopic (exact) mass is 391 g/mol. The first-order valence-electron chi connectivity index (χ1n) is 10.5. The van der Waals surface area contributed by atoms with Gasteiger partial charge in [-0.3, -0.25) is 4.79 Å². The molecule has 5 heteroatoms. The van der Waals surface area contributed by atoms with Gasteiger partial charge < -0.3 is 19.5 Å². The zero-order valence-electron chi connectivity index (χ0n) is 17.3. The maximum atomic E-state index is 12.6. The Morgan fingerprint density at radius 3 is 2.52 bits per heavy atom. The first-order chi connectivity index (χ1) is 14.1. The van der Waals surface area contributed by atoms with Crippen LogP contribution in [0, 0.1) is 0 Å². The van der Waals surface area contributed by atoms with Crippen LogP contribution in [0.15, 0.2) is 53.3 Å². The molecule has 0 amide bonds. The van der Waals surface area contributed by atoms with Crippen molar-refractivity contribution in [3.63, 3.8) is 0 Å². The van der Waals surface area contributed by atoms with Gasteiger partial charge in [0.15, 0.2) is 0 Å². The predicted octanol–water partition coefficient (Wildman–Crippen LogP) is 4.55. The standard InChI is InChI=1S/C24H29N3O2/c1-3-29-22-12-7-18-15-19(24(28)25-23(18)16-22)17-26(2)20-8-10-21(11-9-20)27-13-5-4-6-14-27/h7-12,15-16H,3-6,13-14,17H2,1-2H3,(H,25,28). The van der Waals surface area contributed by atoms with Crippen molar-refractivity contribution < 1.29 is 4.74 Å². The Morgan fingerprint density at radius 2 is 1.79 bits per heavy atom. The molecule has 5 nitrogen and oxygen atoms in total. The average Bonchev–Trinajstić information content (AvgIpc) is 2.75. The van der Waals surface area contributed by atoms with Crippen molar-refractivity contribution in [2.24, 2.45) is 0 Å². The normalized spacial score (nSPS) is 14.2. The molecule has 0 radical (unpaired) electrons. The van der Waals surface area contributed by atoms with Crippen molar-refractivity contribution >= 4 is 22.3 Å². The lowest BCUT2D eigenvalue weighted by atomic mass is 10.1. The van der Waals surface area contributed by atoms with Crippen molar-refractivity contribution in [3.05, 3.63) is 64.4 Å². The minimum atomic E-state index is -0.0528. The van der Waals surface area contributed by atoms with Gasteiger partial charge in [-0.05, 0) is 74.0 Å². The van der Waals surface area contributed by atoms with Gasteiger partial charge in [0.25, 0.3) is 5.56 Å². The Balaban J connectivity index is 1.50. The highest BCUT2D eigenvalue weighted by molar-refractivity contribution is 5.80. The molecule has 29 heavy (non-hydrogen) atoms. The van der Waals surface area contributed by atoms with E-state index in [0.717, 1.165) is 41.0 Å². The smallest absolute Gasteiger partial charge is 0.253 e. The Bertz CT molecular complexity index is 1020. The minimum Gasteiger partial charge on any atom is -0.494 e. The summed E-state index contributed by atoms with van der Waals surface area (Å²) in [4.78, 5) is 20.2. The van der Waals surface area contributed by atoms with Crippen LogP contribution in [-0.4, -0.2) is 31.7 Å². The zero-order valence-corrected chi connectivity index (χ0v) is 17.3. The number of aromatic nitrogens is 1. The summed E-state index contributed by atoms with van der Waals surface area (Å²) in [5, 5.41) is 1.01. The Morgan fingerprint density at radius 1 is 1.03 bits per heavy atom. The fraction of sp³-hybridized carbons (Fsp3) is 0.375. The number of nitrogens with zero attached hydrogens (tertiary/aromatic N) is 2. The summed E-state index contributed by atoms with van der Waals surface area (Å²) in [6.07, 6.45) is 3.89. The molecule has 2 heterocycles. The molecule has 0 unspecified atom stereocenters. The van der Waals surface area contributed by atoms with E-state index in [1.807, 2.05) is 38.2 Å². The van der Waals surface area contributed by atoms with Crippen LogP contribution in [0.25, 0.3) is 10.9 Å². The molecular weight excluding hydrogens is 362 g/mol. The highest BCUT2D eigenvalue weighted by Gasteiger charge is 2.12. The number of aromatic amines is 1. The molecule has 0 saturated carbocycles. The molecule has 1 aromatic heterocycles. The molecule has 2 aromatic carbocycles. The molecule has 3 aromatic rings. The van der Waals surface area contributed by atoms with Gasteiger partial charge in [0.2, 0.25) is 0 Å². The predicted molar refractivity (Wildman–Crippen MR) is 120 cm³/mol. The van der Waals surface area contributed by atoms with Gasteiger partial charge in [0.1, 0.15) is 5.75 Å². The molecule has 0 bridgehead atoms. The summed E-state index contributed by atoms with van der Waals surface area (Å²) in [6, 6.07) is 16.5. The van der Waals surface area contributed by atoms with Crippen LogP contribution in [0.1, 0.15) is 31.7 Å². The zero-order chi connectivity index (χ0) is 20.2. The molecular formula is C24H29N3O2. The van der Waals surface area contributed by atoms with Crippen LogP contribution >= 0.6 is 0 Å². The van der Waals surface area contributed by atoms with Crippen LogP contribution in [0.5, 0.6) is 5.75 Å². The first-order valence-corrected chi connectivity index (χ1v) is 10.5. The van der Waals surface area contributed by atoms with E-state index in [9.17, 15) is 4.79 Å². The minimum absolute atomic E-state index is 0.0528. The lowest BCUT2D eigenvalue weighted by Gasteiger charge is -2.29. The van der Waals surface area contributed by atoms with Crippen molar-refractivity contribution in [1.29, 1.82) is 0 Å². The molecule has 1 N–H and O–H groups in total. The van der Waals surface area contributed by atoms with Crippen LogP contribution in [0.2, 0.25) is 0 Å². The van der Waals surface area contributed by atoms with Gasteiger partial charge in [-0.1, -0.05) is 0 Å². The first kappa shape index (κ1) is 19.4. The number of nitrogens with one attached hydrogen (secondary N) is 1. The van der Waals surface area contributed by atoms with E-state index in [4.69, 9.17) is 4.74 Å². The average molecular weight is 392 g/mol. The van der Waals surface area contributed by atoms with Crippen LogP contribution < -0.4 is 20.1 Å². The fourth-order valence-corrected chi connectivity index (χ4v) is 4.02. The highest BCUT2D eigenvalue weighted by Crippen LogP contribution is 2.24. The molecule has 1 aliphatic heterocycles. The second-order valence-electron chi connectivity index (χ2n) is 7.73. The van der Waals surface area contributed by atoms with Gasteiger partial charge in [-0.25, -0.2) is 0 Å².